The highest BCUT2D eigenvalue weighted by Crippen LogP contribution is 2.22. The number of carbonyl (C=O) groups excluding carboxylic acids is 2. The third-order valence-electron chi connectivity index (χ3n) is 4.29. The number of piperazine rings is 1. The molecule has 2 aromatic rings. The molecule has 2 amide bonds. The lowest BCUT2D eigenvalue weighted by Crippen LogP contribution is -2.57. The van der Waals surface area contributed by atoms with Crippen LogP contribution in [0, 0.1) is 0 Å². The van der Waals surface area contributed by atoms with E-state index in [2.05, 4.69) is 0 Å². The molecule has 0 unspecified atom stereocenters. The summed E-state index contributed by atoms with van der Waals surface area (Å²) < 4.78 is 1.97. The second-order valence-electron chi connectivity index (χ2n) is 6.02. The molecule has 1 aromatic carbocycles. The van der Waals surface area contributed by atoms with Crippen LogP contribution in [0.4, 0.5) is 5.69 Å². The Balaban J connectivity index is 1.63. The van der Waals surface area contributed by atoms with Gasteiger partial charge in [0.2, 0.25) is 11.8 Å². The van der Waals surface area contributed by atoms with E-state index in [1.165, 1.54) is 0 Å². The highest BCUT2D eigenvalue weighted by Gasteiger charge is 2.32. The lowest BCUT2D eigenvalue weighted by atomic mass is 10.1. The fourth-order valence-corrected chi connectivity index (χ4v) is 3.07. The van der Waals surface area contributed by atoms with Crippen LogP contribution < -0.4 is 4.90 Å². The first-order valence-corrected chi connectivity index (χ1v) is 8.38. The number of aryl methyl sites for hydroxylation is 1. The molecular weight excluding hydrogens is 326 g/mol. The molecule has 6 heteroatoms. The maximum absolute atomic E-state index is 12.5. The van der Waals surface area contributed by atoms with Crippen molar-refractivity contribution >= 4 is 29.1 Å². The fourth-order valence-electron chi connectivity index (χ4n) is 2.94. The Labute approximate surface area is 146 Å². The predicted molar refractivity (Wildman–Crippen MR) is 94.0 cm³/mol. The molecule has 1 aliphatic heterocycles. The van der Waals surface area contributed by atoms with E-state index in [1.807, 2.05) is 48.1 Å². The number of halogens is 1. The van der Waals surface area contributed by atoms with Crippen LogP contribution >= 0.6 is 11.6 Å². The largest absolute Gasteiger partial charge is 0.354 e. The van der Waals surface area contributed by atoms with E-state index in [0.717, 1.165) is 5.69 Å². The SMILES string of the molecule is C[C@H]1CN(c2ccc(Cl)cc2)C(=O)CN1C(=O)CCn1cccc1. The van der Waals surface area contributed by atoms with Crippen LogP contribution in [0.1, 0.15) is 13.3 Å². The maximum atomic E-state index is 12.5. The summed E-state index contributed by atoms with van der Waals surface area (Å²) in [6.45, 7) is 3.22. The molecule has 1 fully saturated rings. The number of rotatable bonds is 4. The van der Waals surface area contributed by atoms with Crippen molar-refractivity contribution in [1.29, 1.82) is 0 Å². The zero-order chi connectivity index (χ0) is 17.1. The first-order chi connectivity index (χ1) is 11.5. The van der Waals surface area contributed by atoms with E-state index in [-0.39, 0.29) is 24.4 Å². The minimum atomic E-state index is -0.0651. The molecule has 0 radical (unpaired) electrons. The van der Waals surface area contributed by atoms with E-state index in [9.17, 15) is 9.59 Å². The summed E-state index contributed by atoms with van der Waals surface area (Å²) in [5.41, 5.74) is 0.815. The van der Waals surface area contributed by atoms with Crippen molar-refractivity contribution in [1.82, 2.24) is 9.47 Å². The summed E-state index contributed by atoms with van der Waals surface area (Å²) in [4.78, 5) is 28.3. The molecule has 126 valence electrons. The summed E-state index contributed by atoms with van der Waals surface area (Å²) in [6, 6.07) is 11.0. The molecule has 0 aliphatic carbocycles. The smallest absolute Gasteiger partial charge is 0.246 e. The first kappa shape index (κ1) is 16.6. The van der Waals surface area contributed by atoms with Gasteiger partial charge in [-0.2, -0.15) is 0 Å². The fraction of sp³-hybridized carbons (Fsp3) is 0.333. The molecule has 1 saturated heterocycles. The summed E-state index contributed by atoms with van der Waals surface area (Å²) in [6.07, 6.45) is 4.26. The molecule has 3 rings (SSSR count). The van der Waals surface area contributed by atoms with E-state index < -0.39 is 0 Å². The van der Waals surface area contributed by atoms with Gasteiger partial charge in [0.25, 0.3) is 0 Å². The van der Waals surface area contributed by atoms with Crippen molar-refractivity contribution in [3.05, 3.63) is 53.8 Å². The van der Waals surface area contributed by atoms with Crippen molar-refractivity contribution in [3.8, 4) is 0 Å². The molecule has 0 bridgehead atoms. The number of carbonyl (C=O) groups is 2. The Bertz CT molecular complexity index is 712. The Morgan fingerprint density at radius 3 is 2.54 bits per heavy atom. The van der Waals surface area contributed by atoms with Crippen LogP contribution in [0.2, 0.25) is 5.02 Å². The standard InChI is InChI=1S/C18H20ClN3O2/c1-14-12-22(16-6-4-15(19)5-7-16)18(24)13-21(14)17(23)8-11-20-9-2-3-10-20/h2-7,9-10,14H,8,11-13H2,1H3/t14-/m0/s1. The molecule has 0 N–H and O–H groups in total. The van der Waals surface area contributed by atoms with Crippen molar-refractivity contribution in [2.75, 3.05) is 18.0 Å². The monoisotopic (exact) mass is 345 g/mol. The minimum Gasteiger partial charge on any atom is -0.354 e. The summed E-state index contributed by atoms with van der Waals surface area (Å²) in [7, 11) is 0. The van der Waals surface area contributed by atoms with Crippen molar-refractivity contribution < 1.29 is 9.59 Å². The Morgan fingerprint density at radius 2 is 1.88 bits per heavy atom. The Hall–Kier alpha value is -2.27. The van der Waals surface area contributed by atoms with Gasteiger partial charge in [0, 0.05) is 48.7 Å². The van der Waals surface area contributed by atoms with Gasteiger partial charge in [0.1, 0.15) is 6.54 Å². The topological polar surface area (TPSA) is 45.6 Å². The quantitative estimate of drug-likeness (QED) is 0.855. The highest BCUT2D eigenvalue weighted by atomic mass is 35.5. The normalized spacial score (nSPS) is 18.1. The lowest BCUT2D eigenvalue weighted by Gasteiger charge is -2.39. The van der Waals surface area contributed by atoms with Crippen LogP contribution in [0.25, 0.3) is 0 Å². The zero-order valence-electron chi connectivity index (χ0n) is 13.6. The summed E-state index contributed by atoms with van der Waals surface area (Å²) >= 11 is 5.90. The minimum absolute atomic E-state index is 0.0142. The van der Waals surface area contributed by atoms with Crippen LogP contribution in [0.15, 0.2) is 48.8 Å². The third kappa shape index (κ3) is 3.62. The van der Waals surface area contributed by atoms with Crippen molar-refractivity contribution in [3.63, 3.8) is 0 Å². The van der Waals surface area contributed by atoms with Gasteiger partial charge >= 0.3 is 0 Å². The first-order valence-electron chi connectivity index (χ1n) is 8.01. The maximum Gasteiger partial charge on any atom is 0.246 e. The molecule has 1 aromatic heterocycles. The second kappa shape index (κ2) is 7.09. The van der Waals surface area contributed by atoms with Gasteiger partial charge in [-0.25, -0.2) is 0 Å². The third-order valence-corrected chi connectivity index (χ3v) is 4.55. The average molecular weight is 346 g/mol. The summed E-state index contributed by atoms with van der Waals surface area (Å²) in [5, 5.41) is 0.637. The van der Waals surface area contributed by atoms with Crippen LogP contribution in [-0.4, -0.2) is 40.4 Å². The Kier molecular flexibility index (Phi) is 4.90. The van der Waals surface area contributed by atoms with Crippen LogP contribution in [0.3, 0.4) is 0 Å². The molecule has 0 spiro atoms. The molecule has 24 heavy (non-hydrogen) atoms. The average Bonchev–Trinajstić information content (AvgIpc) is 3.09. The van der Waals surface area contributed by atoms with Gasteiger partial charge in [-0.15, -0.1) is 0 Å². The molecule has 0 saturated carbocycles. The molecular formula is C18H20ClN3O2. The van der Waals surface area contributed by atoms with Gasteiger partial charge in [-0.3, -0.25) is 9.59 Å². The van der Waals surface area contributed by atoms with Crippen molar-refractivity contribution in [2.45, 2.75) is 25.9 Å². The molecule has 5 nitrogen and oxygen atoms in total. The van der Waals surface area contributed by atoms with Crippen molar-refractivity contribution in [2.24, 2.45) is 0 Å². The second-order valence-corrected chi connectivity index (χ2v) is 6.46. The zero-order valence-corrected chi connectivity index (χ0v) is 14.3. The molecule has 2 heterocycles. The lowest BCUT2D eigenvalue weighted by molar-refractivity contribution is -0.139. The van der Waals surface area contributed by atoms with E-state index in [0.29, 0.717) is 24.5 Å². The van der Waals surface area contributed by atoms with E-state index in [4.69, 9.17) is 11.6 Å². The Morgan fingerprint density at radius 1 is 1.21 bits per heavy atom. The number of hydrogen-bond donors (Lipinski definition) is 0. The predicted octanol–water partition coefficient (Wildman–Crippen LogP) is 2.80. The molecule has 1 atom stereocenters. The number of hydrogen-bond acceptors (Lipinski definition) is 2. The number of nitrogens with zero attached hydrogens (tertiary/aromatic N) is 3. The van der Waals surface area contributed by atoms with Gasteiger partial charge in [-0.05, 0) is 43.3 Å². The number of amides is 2. The number of anilines is 1. The van der Waals surface area contributed by atoms with Gasteiger partial charge < -0.3 is 14.4 Å². The van der Waals surface area contributed by atoms with Gasteiger partial charge in [0.05, 0.1) is 0 Å². The number of benzene rings is 1. The van der Waals surface area contributed by atoms with E-state index >= 15 is 0 Å². The van der Waals surface area contributed by atoms with Gasteiger partial charge in [-0.1, -0.05) is 11.6 Å². The van der Waals surface area contributed by atoms with Crippen LogP contribution in [-0.2, 0) is 16.1 Å². The summed E-state index contributed by atoms with van der Waals surface area (Å²) in [5.74, 6) is -0.0509. The van der Waals surface area contributed by atoms with Crippen LogP contribution in [0.5, 0.6) is 0 Å². The van der Waals surface area contributed by atoms with Gasteiger partial charge in [0.15, 0.2) is 0 Å². The molecule has 1 aliphatic rings. The van der Waals surface area contributed by atoms with E-state index in [1.54, 1.807) is 21.9 Å². The highest BCUT2D eigenvalue weighted by molar-refractivity contribution is 6.30. The number of aromatic nitrogens is 1.